The zero-order chi connectivity index (χ0) is 21.3. The van der Waals surface area contributed by atoms with Gasteiger partial charge in [0.15, 0.2) is 0 Å². The van der Waals surface area contributed by atoms with Gasteiger partial charge in [0.25, 0.3) is 5.91 Å². The number of benzene rings is 2. The zero-order valence-electron chi connectivity index (χ0n) is 16.3. The van der Waals surface area contributed by atoms with Crippen LogP contribution >= 0.6 is 0 Å². The van der Waals surface area contributed by atoms with Gasteiger partial charge < -0.3 is 14.8 Å². The quantitative estimate of drug-likeness (QED) is 0.450. The smallest absolute Gasteiger partial charge is 0.337 e. The van der Waals surface area contributed by atoms with Crippen molar-refractivity contribution in [3.8, 4) is 0 Å². The average Bonchev–Trinajstić information content (AvgIpc) is 2.70. The summed E-state index contributed by atoms with van der Waals surface area (Å²) in [6.45, 7) is 0.934. The highest BCUT2D eigenvalue weighted by Crippen LogP contribution is 2.18. The van der Waals surface area contributed by atoms with Gasteiger partial charge in [-0.1, -0.05) is 24.3 Å². The van der Waals surface area contributed by atoms with Crippen LogP contribution < -0.4 is 10.0 Å². The maximum atomic E-state index is 12.6. The van der Waals surface area contributed by atoms with Crippen LogP contribution in [0.15, 0.2) is 48.5 Å². The Balaban J connectivity index is 2.08. The van der Waals surface area contributed by atoms with E-state index in [4.69, 9.17) is 4.74 Å². The molecule has 0 aliphatic heterocycles. The Labute approximate surface area is 170 Å². The SMILES string of the molecule is COCCCNC(=O)c1ccccc1NS(=O)(=O)Cc1ccc(C(=O)OC)cc1. The van der Waals surface area contributed by atoms with Crippen LogP contribution in [0.1, 0.15) is 32.7 Å². The number of anilines is 1. The van der Waals surface area contributed by atoms with Crippen molar-refractivity contribution in [2.75, 3.05) is 32.1 Å². The number of amides is 1. The largest absolute Gasteiger partial charge is 0.465 e. The maximum Gasteiger partial charge on any atom is 0.337 e. The van der Waals surface area contributed by atoms with Gasteiger partial charge in [0, 0.05) is 20.3 Å². The first-order chi connectivity index (χ1) is 13.9. The molecule has 0 fully saturated rings. The molecular formula is C20H24N2O6S. The standard InChI is InChI=1S/C20H24N2O6S/c1-27-13-5-12-21-19(23)17-6-3-4-7-18(17)22-29(25,26)14-15-8-10-16(11-9-15)20(24)28-2/h3-4,6-11,22H,5,12-14H2,1-2H3,(H,21,23). The Kier molecular flexibility index (Phi) is 8.17. The second-order valence-corrected chi connectivity index (χ2v) is 7.92. The fraction of sp³-hybridized carbons (Fsp3) is 0.300. The van der Waals surface area contributed by atoms with Gasteiger partial charge >= 0.3 is 5.97 Å². The van der Waals surface area contributed by atoms with Crippen molar-refractivity contribution >= 4 is 27.6 Å². The van der Waals surface area contributed by atoms with Crippen molar-refractivity contribution in [1.82, 2.24) is 5.32 Å². The minimum Gasteiger partial charge on any atom is -0.465 e. The van der Waals surface area contributed by atoms with Gasteiger partial charge in [0.2, 0.25) is 10.0 Å². The van der Waals surface area contributed by atoms with E-state index in [0.717, 1.165) is 0 Å². The Morgan fingerprint density at radius 1 is 1.00 bits per heavy atom. The molecule has 2 aromatic carbocycles. The van der Waals surface area contributed by atoms with Gasteiger partial charge in [0.1, 0.15) is 0 Å². The molecule has 0 saturated heterocycles. The summed E-state index contributed by atoms with van der Waals surface area (Å²) in [6.07, 6.45) is 0.650. The van der Waals surface area contributed by atoms with Crippen molar-refractivity contribution in [2.45, 2.75) is 12.2 Å². The Hall–Kier alpha value is -2.91. The third kappa shape index (κ3) is 6.88. The molecule has 0 bridgehead atoms. The van der Waals surface area contributed by atoms with Crippen LogP contribution in [0.5, 0.6) is 0 Å². The number of para-hydroxylation sites is 1. The van der Waals surface area contributed by atoms with Crippen LogP contribution in [0.4, 0.5) is 5.69 Å². The van der Waals surface area contributed by atoms with E-state index in [1.165, 1.54) is 25.3 Å². The first-order valence-corrected chi connectivity index (χ1v) is 10.6. The maximum absolute atomic E-state index is 12.6. The number of sulfonamides is 1. The lowest BCUT2D eigenvalue weighted by Gasteiger charge is -2.13. The first-order valence-electron chi connectivity index (χ1n) is 8.90. The molecule has 29 heavy (non-hydrogen) atoms. The van der Waals surface area contributed by atoms with E-state index < -0.39 is 16.0 Å². The number of methoxy groups -OCH3 is 2. The Morgan fingerprint density at radius 3 is 2.34 bits per heavy atom. The summed E-state index contributed by atoms with van der Waals surface area (Å²) < 4.78 is 37.1. The number of nitrogens with one attached hydrogen (secondary N) is 2. The summed E-state index contributed by atoms with van der Waals surface area (Å²) in [4.78, 5) is 23.8. The summed E-state index contributed by atoms with van der Waals surface area (Å²) in [5.74, 6) is -1.18. The Bertz CT molecular complexity index is 942. The zero-order valence-corrected chi connectivity index (χ0v) is 17.1. The highest BCUT2D eigenvalue weighted by atomic mass is 32.2. The average molecular weight is 420 g/mol. The van der Waals surface area contributed by atoms with E-state index in [-0.39, 0.29) is 22.9 Å². The second-order valence-electron chi connectivity index (χ2n) is 6.20. The van der Waals surface area contributed by atoms with Crippen LogP contribution in [0, 0.1) is 0 Å². The second kappa shape index (κ2) is 10.6. The molecule has 0 saturated carbocycles. The number of hydrogen-bond acceptors (Lipinski definition) is 6. The van der Waals surface area contributed by atoms with Crippen molar-refractivity contribution in [3.05, 3.63) is 65.2 Å². The highest BCUT2D eigenvalue weighted by Gasteiger charge is 2.17. The summed E-state index contributed by atoms with van der Waals surface area (Å²) in [7, 11) is -0.926. The predicted octanol–water partition coefficient (Wildman–Crippen LogP) is 2.18. The molecule has 0 aliphatic rings. The molecular weight excluding hydrogens is 396 g/mol. The first kappa shape index (κ1) is 22.4. The lowest BCUT2D eigenvalue weighted by Crippen LogP contribution is -2.27. The van der Waals surface area contributed by atoms with E-state index in [9.17, 15) is 18.0 Å². The molecule has 9 heteroatoms. The molecule has 0 radical (unpaired) electrons. The molecule has 0 atom stereocenters. The summed E-state index contributed by atoms with van der Waals surface area (Å²) >= 11 is 0. The van der Waals surface area contributed by atoms with Crippen molar-refractivity contribution in [1.29, 1.82) is 0 Å². The molecule has 0 heterocycles. The number of hydrogen-bond donors (Lipinski definition) is 2. The van der Waals surface area contributed by atoms with E-state index in [0.29, 0.717) is 30.7 Å². The lowest BCUT2D eigenvalue weighted by molar-refractivity contribution is 0.0600. The normalized spacial score (nSPS) is 11.0. The van der Waals surface area contributed by atoms with E-state index >= 15 is 0 Å². The topological polar surface area (TPSA) is 111 Å². The summed E-state index contributed by atoms with van der Waals surface area (Å²) in [6, 6.07) is 12.5. The molecule has 1 amide bonds. The van der Waals surface area contributed by atoms with Gasteiger partial charge in [-0.05, 0) is 36.2 Å². The molecule has 2 aromatic rings. The van der Waals surface area contributed by atoms with E-state index in [1.807, 2.05) is 0 Å². The molecule has 0 aromatic heterocycles. The van der Waals surface area contributed by atoms with Crippen LogP contribution in [0.3, 0.4) is 0 Å². The van der Waals surface area contributed by atoms with E-state index in [1.54, 1.807) is 37.4 Å². The molecule has 2 rings (SSSR count). The van der Waals surface area contributed by atoms with Crippen molar-refractivity contribution in [2.24, 2.45) is 0 Å². The van der Waals surface area contributed by atoms with Crippen LogP contribution in [0.25, 0.3) is 0 Å². The fourth-order valence-electron chi connectivity index (χ4n) is 2.56. The van der Waals surface area contributed by atoms with Gasteiger partial charge in [-0.3, -0.25) is 9.52 Å². The van der Waals surface area contributed by atoms with Crippen molar-refractivity contribution < 1.29 is 27.5 Å². The molecule has 156 valence electrons. The lowest BCUT2D eigenvalue weighted by atomic mass is 10.1. The van der Waals surface area contributed by atoms with Gasteiger partial charge in [-0.25, -0.2) is 13.2 Å². The highest BCUT2D eigenvalue weighted by molar-refractivity contribution is 7.91. The number of ether oxygens (including phenoxy) is 2. The number of rotatable bonds is 10. The third-order valence-corrected chi connectivity index (χ3v) is 5.22. The van der Waals surface area contributed by atoms with Crippen LogP contribution in [0.2, 0.25) is 0 Å². The molecule has 0 aliphatic carbocycles. The third-order valence-electron chi connectivity index (χ3n) is 3.98. The number of carbonyl (C=O) groups excluding carboxylic acids is 2. The summed E-state index contributed by atoms with van der Waals surface area (Å²) in [5.41, 5.74) is 1.25. The summed E-state index contributed by atoms with van der Waals surface area (Å²) in [5, 5.41) is 2.73. The molecule has 0 unspecified atom stereocenters. The van der Waals surface area contributed by atoms with Gasteiger partial charge in [-0.2, -0.15) is 0 Å². The van der Waals surface area contributed by atoms with Gasteiger partial charge in [-0.15, -0.1) is 0 Å². The van der Waals surface area contributed by atoms with Crippen molar-refractivity contribution in [3.63, 3.8) is 0 Å². The predicted molar refractivity (Wildman–Crippen MR) is 109 cm³/mol. The molecule has 2 N–H and O–H groups in total. The minimum absolute atomic E-state index is 0.197. The van der Waals surface area contributed by atoms with Gasteiger partial charge in [0.05, 0.1) is 29.7 Å². The number of esters is 1. The van der Waals surface area contributed by atoms with Crippen LogP contribution in [-0.4, -0.2) is 47.7 Å². The Morgan fingerprint density at radius 2 is 1.69 bits per heavy atom. The molecule has 0 spiro atoms. The minimum atomic E-state index is -3.78. The fourth-order valence-corrected chi connectivity index (χ4v) is 3.78. The van der Waals surface area contributed by atoms with E-state index in [2.05, 4.69) is 14.8 Å². The number of carbonyl (C=O) groups is 2. The molecule has 8 nitrogen and oxygen atoms in total. The monoisotopic (exact) mass is 420 g/mol. The van der Waals surface area contributed by atoms with Crippen LogP contribution in [-0.2, 0) is 25.2 Å².